The van der Waals surface area contributed by atoms with E-state index in [2.05, 4.69) is 20.6 Å². The number of ketones is 1. The van der Waals surface area contributed by atoms with Crippen molar-refractivity contribution >= 4 is 28.2 Å². The van der Waals surface area contributed by atoms with E-state index in [9.17, 15) is 9.00 Å². The molecule has 6 nitrogen and oxygen atoms in total. The van der Waals surface area contributed by atoms with E-state index < -0.39 is 10.8 Å². The number of hydrogen-bond donors (Lipinski definition) is 1. The summed E-state index contributed by atoms with van der Waals surface area (Å²) < 4.78 is 12.2. The fraction of sp³-hybridized carbons (Fsp3) is 0.429. The Hall–Kier alpha value is -1.60. The molecule has 3 atom stereocenters. The van der Waals surface area contributed by atoms with Crippen LogP contribution < -0.4 is 0 Å². The molecule has 0 amide bonds. The molecule has 0 saturated heterocycles. The maximum atomic E-state index is 12.5. The van der Waals surface area contributed by atoms with Crippen LogP contribution in [0.15, 0.2) is 23.1 Å². The predicted molar refractivity (Wildman–Crippen MR) is 80.2 cm³/mol. The minimum Gasteiger partial charge on any atom is -0.294 e. The van der Waals surface area contributed by atoms with Crippen LogP contribution in [0.5, 0.6) is 0 Å². The fourth-order valence-electron chi connectivity index (χ4n) is 2.59. The van der Waals surface area contributed by atoms with E-state index in [0.717, 1.165) is 19.3 Å². The molecular weight excluding hydrogens is 324 g/mol. The van der Waals surface area contributed by atoms with E-state index >= 15 is 0 Å². The summed E-state index contributed by atoms with van der Waals surface area (Å²) in [6.07, 6.45) is 2.70. The van der Waals surface area contributed by atoms with Crippen LogP contribution in [0.25, 0.3) is 0 Å². The van der Waals surface area contributed by atoms with Crippen LogP contribution >= 0.6 is 11.6 Å². The first kappa shape index (κ1) is 14.0. The molecule has 4 rings (SSSR count). The highest BCUT2D eigenvalue weighted by Gasteiger charge is 2.46. The van der Waals surface area contributed by atoms with Gasteiger partial charge in [0.05, 0.1) is 20.7 Å². The largest absolute Gasteiger partial charge is 0.294 e. The first-order valence-corrected chi connectivity index (χ1v) is 8.72. The van der Waals surface area contributed by atoms with Crippen LogP contribution in [0.3, 0.4) is 0 Å². The quantitative estimate of drug-likeness (QED) is 0.845. The number of nitrogens with one attached hydrogen (secondary N) is 1. The molecule has 0 spiro atoms. The van der Waals surface area contributed by atoms with Crippen molar-refractivity contribution in [2.45, 2.75) is 35.3 Å². The molecule has 1 heterocycles. The molecule has 1 unspecified atom stereocenters. The van der Waals surface area contributed by atoms with Crippen LogP contribution in [-0.4, -0.2) is 35.9 Å². The van der Waals surface area contributed by atoms with Crippen molar-refractivity contribution in [3.05, 3.63) is 34.6 Å². The molecule has 1 aromatic carbocycles. The minimum absolute atomic E-state index is 0.0282. The predicted octanol–water partition coefficient (Wildman–Crippen LogP) is 2.11. The number of carbonyl (C=O) groups excluding carboxylic acids is 1. The summed E-state index contributed by atoms with van der Waals surface area (Å²) in [5, 5.41) is 14.4. The Morgan fingerprint density at radius 1 is 1.36 bits per heavy atom. The lowest BCUT2D eigenvalue weighted by atomic mass is 10.1. The molecule has 8 heteroatoms. The number of carbonyl (C=O) groups is 1. The van der Waals surface area contributed by atoms with Crippen LogP contribution in [0, 0.1) is 5.92 Å². The van der Waals surface area contributed by atoms with Crippen LogP contribution in [0.1, 0.15) is 41.4 Å². The van der Waals surface area contributed by atoms with E-state index in [1.54, 1.807) is 18.2 Å². The van der Waals surface area contributed by atoms with Gasteiger partial charge < -0.3 is 0 Å². The molecule has 1 N–H and O–H groups in total. The van der Waals surface area contributed by atoms with Crippen molar-refractivity contribution < 1.29 is 9.00 Å². The third-order valence-electron chi connectivity index (χ3n) is 4.08. The Labute approximate surface area is 134 Å². The lowest BCUT2D eigenvalue weighted by Crippen LogP contribution is -2.05. The zero-order valence-corrected chi connectivity index (χ0v) is 13.1. The lowest BCUT2D eigenvalue weighted by Gasteiger charge is -2.06. The summed E-state index contributed by atoms with van der Waals surface area (Å²) in [5.41, 5.74) is 0.553. The fourth-order valence-corrected chi connectivity index (χ4v) is 4.38. The molecular formula is C14H13ClN4O2S. The van der Waals surface area contributed by atoms with Gasteiger partial charge in [-0.05, 0) is 31.4 Å². The van der Waals surface area contributed by atoms with Crippen molar-refractivity contribution in [3.8, 4) is 0 Å². The first-order chi connectivity index (χ1) is 10.6. The van der Waals surface area contributed by atoms with E-state index in [-0.39, 0.29) is 22.9 Å². The molecule has 2 saturated carbocycles. The van der Waals surface area contributed by atoms with Crippen molar-refractivity contribution in [2.75, 3.05) is 0 Å². The topological polar surface area (TPSA) is 88.6 Å². The van der Waals surface area contributed by atoms with E-state index in [0.29, 0.717) is 21.3 Å². The number of aromatic nitrogens is 4. The number of Topliss-reactive ketones (excluding diaryl/α,β-unsaturated/α-hetero) is 1. The molecule has 0 radical (unpaired) electrons. The summed E-state index contributed by atoms with van der Waals surface area (Å²) in [5.74, 6) is 0.523. The number of aromatic amines is 1. The Morgan fingerprint density at radius 3 is 2.82 bits per heavy atom. The molecule has 0 bridgehead atoms. The van der Waals surface area contributed by atoms with Crippen molar-refractivity contribution in [1.29, 1.82) is 0 Å². The molecule has 22 heavy (non-hydrogen) atoms. The summed E-state index contributed by atoms with van der Waals surface area (Å²) in [4.78, 5) is 13.1. The zero-order valence-electron chi connectivity index (χ0n) is 11.5. The third kappa shape index (κ3) is 2.48. The molecule has 2 aliphatic rings. The van der Waals surface area contributed by atoms with Crippen LogP contribution in [-0.2, 0) is 10.8 Å². The number of tetrazole rings is 1. The third-order valence-corrected chi connectivity index (χ3v) is 6.37. The van der Waals surface area contributed by atoms with Gasteiger partial charge in [-0.3, -0.25) is 9.00 Å². The summed E-state index contributed by atoms with van der Waals surface area (Å²) in [6.45, 7) is 0. The Balaban J connectivity index is 1.52. The molecule has 0 aliphatic heterocycles. The van der Waals surface area contributed by atoms with Gasteiger partial charge in [-0.2, -0.15) is 5.21 Å². The highest BCUT2D eigenvalue weighted by atomic mass is 35.5. The zero-order chi connectivity index (χ0) is 15.3. The Bertz CT molecular complexity index is 760. The van der Waals surface area contributed by atoms with Gasteiger partial charge in [-0.1, -0.05) is 22.9 Å². The second-order valence-electron chi connectivity index (χ2n) is 5.72. The van der Waals surface area contributed by atoms with Gasteiger partial charge in [-0.25, -0.2) is 0 Å². The first-order valence-electron chi connectivity index (χ1n) is 7.13. The molecule has 2 fully saturated rings. The number of halogens is 1. The van der Waals surface area contributed by atoms with Gasteiger partial charge in [0.1, 0.15) is 0 Å². The maximum absolute atomic E-state index is 12.5. The number of H-pyrrole nitrogens is 1. The number of hydrogen-bond acceptors (Lipinski definition) is 5. The van der Waals surface area contributed by atoms with E-state index in [1.165, 1.54) is 0 Å². The highest BCUT2D eigenvalue weighted by Crippen LogP contribution is 2.47. The average Bonchev–Trinajstić information content (AvgIpc) is 3.45. The van der Waals surface area contributed by atoms with Crippen molar-refractivity contribution in [1.82, 2.24) is 20.6 Å². The number of nitrogens with zero attached hydrogens (tertiary/aromatic N) is 3. The summed E-state index contributed by atoms with van der Waals surface area (Å²) in [6, 6.07) is 5.07. The van der Waals surface area contributed by atoms with Crippen LogP contribution in [0.4, 0.5) is 0 Å². The molecule has 1 aromatic heterocycles. The van der Waals surface area contributed by atoms with Gasteiger partial charge in [0.2, 0.25) is 0 Å². The van der Waals surface area contributed by atoms with Crippen molar-refractivity contribution in [3.63, 3.8) is 0 Å². The Morgan fingerprint density at radius 2 is 2.18 bits per heavy atom. The van der Waals surface area contributed by atoms with Gasteiger partial charge >= 0.3 is 0 Å². The van der Waals surface area contributed by atoms with Crippen LogP contribution in [0.2, 0.25) is 5.02 Å². The monoisotopic (exact) mass is 336 g/mol. The van der Waals surface area contributed by atoms with E-state index in [1.807, 2.05) is 0 Å². The smallest absolute Gasteiger partial charge is 0.178 e. The molecule has 2 aliphatic carbocycles. The molecule has 2 aromatic rings. The minimum atomic E-state index is -1.06. The van der Waals surface area contributed by atoms with Gasteiger partial charge in [0.15, 0.2) is 11.6 Å². The molecule has 114 valence electrons. The lowest BCUT2D eigenvalue weighted by molar-refractivity contribution is 0.0964. The average molecular weight is 337 g/mol. The normalized spacial score (nSPS) is 25.0. The summed E-state index contributed by atoms with van der Waals surface area (Å²) in [7, 11) is -1.06. The highest BCUT2D eigenvalue weighted by molar-refractivity contribution is 7.86. The van der Waals surface area contributed by atoms with Gasteiger partial charge in [-0.15, -0.1) is 10.2 Å². The maximum Gasteiger partial charge on any atom is 0.178 e. The second kappa shape index (κ2) is 5.24. The second-order valence-corrected chi connectivity index (χ2v) is 7.83. The van der Waals surface area contributed by atoms with E-state index in [4.69, 9.17) is 11.6 Å². The number of rotatable bonds is 5. The SMILES string of the molecule is O=C(c1ccc(S(=O)C2CC2)c(Cl)c1)[C@H]1C[C@@H]1c1nn[nH]n1. The summed E-state index contributed by atoms with van der Waals surface area (Å²) >= 11 is 6.22. The Kier molecular flexibility index (Phi) is 3.34. The van der Waals surface area contributed by atoms with Gasteiger partial charge in [0, 0.05) is 22.6 Å². The standard InChI is InChI=1S/C14H13ClN4O2S/c15-11-5-7(1-4-12(11)22(21)8-2-3-8)13(20)9-6-10(9)14-16-18-19-17-14/h1,4-5,8-10H,2-3,6H2,(H,16,17,18,19)/t9-,10-,22?/m0/s1. The number of benzene rings is 1. The van der Waals surface area contributed by atoms with Crippen molar-refractivity contribution in [2.24, 2.45) is 5.92 Å². The van der Waals surface area contributed by atoms with Gasteiger partial charge in [0.25, 0.3) is 0 Å².